The lowest BCUT2D eigenvalue weighted by Crippen LogP contribution is -3.00. The van der Waals surface area contributed by atoms with Crippen LogP contribution in [0.2, 0.25) is 0 Å². The van der Waals surface area contributed by atoms with Crippen LogP contribution in [0.25, 0.3) is 0 Å². The van der Waals surface area contributed by atoms with Crippen molar-refractivity contribution in [3.05, 3.63) is 38.9 Å². The summed E-state index contributed by atoms with van der Waals surface area (Å²) in [4.78, 5) is 21.9. The van der Waals surface area contributed by atoms with Crippen LogP contribution in [0.15, 0.2) is 12.1 Å². The molecule has 1 aromatic rings. The van der Waals surface area contributed by atoms with E-state index in [-0.39, 0.29) is 23.9 Å². The zero-order valence-corrected chi connectivity index (χ0v) is 9.58. The number of ketones is 1. The molecule has 0 unspecified atom stereocenters. The molecular formula is C11H11ClNO3-. The number of carbonyl (C=O) groups is 1. The molecule has 1 aromatic carbocycles. The van der Waals surface area contributed by atoms with Gasteiger partial charge in [0.15, 0.2) is 5.78 Å². The van der Waals surface area contributed by atoms with Crippen LogP contribution in [-0.2, 0) is 12.8 Å². The average molecular weight is 241 g/mol. The molecule has 1 aliphatic rings. The Morgan fingerprint density at radius 1 is 1.38 bits per heavy atom. The van der Waals surface area contributed by atoms with Crippen LogP contribution in [0.5, 0.6) is 0 Å². The molecule has 0 aromatic heterocycles. The van der Waals surface area contributed by atoms with Crippen molar-refractivity contribution in [2.24, 2.45) is 0 Å². The molecule has 0 amide bonds. The van der Waals surface area contributed by atoms with Crippen LogP contribution in [0.4, 0.5) is 5.69 Å². The van der Waals surface area contributed by atoms with Gasteiger partial charge in [-0.05, 0) is 24.5 Å². The van der Waals surface area contributed by atoms with Crippen LogP contribution in [0.1, 0.15) is 34.8 Å². The Labute approximate surface area is 99.2 Å². The van der Waals surface area contributed by atoms with Crippen molar-refractivity contribution >= 4 is 11.5 Å². The van der Waals surface area contributed by atoms with E-state index >= 15 is 0 Å². The van der Waals surface area contributed by atoms with E-state index in [1.54, 1.807) is 12.1 Å². The summed E-state index contributed by atoms with van der Waals surface area (Å²) in [7, 11) is 0. The molecule has 0 saturated heterocycles. The summed E-state index contributed by atoms with van der Waals surface area (Å²) in [5, 5.41) is 10.8. The molecule has 0 spiro atoms. The molecule has 86 valence electrons. The molecule has 0 heterocycles. The largest absolute Gasteiger partial charge is 1.00 e. The maximum Gasteiger partial charge on any atom is 0.273 e. The second kappa shape index (κ2) is 4.61. The zero-order chi connectivity index (χ0) is 11.0. The predicted molar refractivity (Wildman–Crippen MR) is 55.1 cm³/mol. The van der Waals surface area contributed by atoms with Crippen molar-refractivity contribution in [2.75, 3.05) is 0 Å². The summed E-state index contributed by atoms with van der Waals surface area (Å²) in [6.07, 6.45) is 1.62. The van der Waals surface area contributed by atoms with Crippen LogP contribution in [-0.4, -0.2) is 10.7 Å². The Kier molecular flexibility index (Phi) is 3.65. The third kappa shape index (κ3) is 1.93. The number of rotatable bonds is 2. The van der Waals surface area contributed by atoms with Gasteiger partial charge in [0, 0.05) is 23.6 Å². The molecule has 0 atom stereocenters. The number of carbonyl (C=O) groups excluding carboxylic acids is 1. The molecule has 16 heavy (non-hydrogen) atoms. The fourth-order valence-electron chi connectivity index (χ4n) is 1.97. The van der Waals surface area contributed by atoms with Gasteiger partial charge in [0.1, 0.15) is 0 Å². The molecule has 0 saturated carbocycles. The van der Waals surface area contributed by atoms with Gasteiger partial charge in [0.05, 0.1) is 4.92 Å². The maximum absolute atomic E-state index is 11.5. The van der Waals surface area contributed by atoms with E-state index in [1.165, 1.54) is 0 Å². The number of fused-ring (bicyclic) bond motifs is 1. The fourth-order valence-corrected chi connectivity index (χ4v) is 1.97. The quantitative estimate of drug-likeness (QED) is 0.507. The summed E-state index contributed by atoms with van der Waals surface area (Å²) in [5.74, 6) is 0.0309. The van der Waals surface area contributed by atoms with Gasteiger partial charge in [-0.25, -0.2) is 0 Å². The molecule has 0 bridgehead atoms. The number of hydrogen-bond acceptors (Lipinski definition) is 3. The minimum Gasteiger partial charge on any atom is -1.00 e. The summed E-state index contributed by atoms with van der Waals surface area (Å²) < 4.78 is 0. The minimum absolute atomic E-state index is 0. The molecular weight excluding hydrogens is 230 g/mol. The number of nitro groups is 1. The topological polar surface area (TPSA) is 60.2 Å². The molecule has 2 rings (SSSR count). The molecule has 0 N–H and O–H groups in total. The number of hydrogen-bond donors (Lipinski definition) is 0. The normalized spacial score (nSPS) is 13.2. The highest BCUT2D eigenvalue weighted by molar-refractivity contribution is 6.01. The van der Waals surface area contributed by atoms with Gasteiger partial charge in [-0.3, -0.25) is 14.9 Å². The number of nitrogens with zero attached hydrogens (tertiary/aromatic N) is 1. The van der Waals surface area contributed by atoms with Crippen molar-refractivity contribution in [2.45, 2.75) is 26.2 Å². The fraction of sp³-hybridized carbons (Fsp3) is 0.364. The van der Waals surface area contributed by atoms with Crippen molar-refractivity contribution in [3.8, 4) is 0 Å². The molecule has 0 radical (unpaired) electrons. The Bertz CT molecular complexity index is 457. The second-order valence-electron chi connectivity index (χ2n) is 3.67. The molecule has 5 heteroatoms. The van der Waals surface area contributed by atoms with E-state index in [2.05, 4.69) is 0 Å². The first-order chi connectivity index (χ1) is 7.13. The molecule has 4 nitrogen and oxygen atoms in total. The first kappa shape index (κ1) is 12.6. The Hall–Kier alpha value is -1.42. The third-order valence-corrected chi connectivity index (χ3v) is 2.79. The lowest BCUT2D eigenvalue weighted by molar-refractivity contribution is -0.385. The van der Waals surface area contributed by atoms with E-state index < -0.39 is 4.92 Å². The van der Waals surface area contributed by atoms with Crippen molar-refractivity contribution < 1.29 is 22.1 Å². The maximum atomic E-state index is 11.5. The first-order valence-electron chi connectivity index (χ1n) is 4.97. The van der Waals surface area contributed by atoms with E-state index in [4.69, 9.17) is 0 Å². The third-order valence-electron chi connectivity index (χ3n) is 2.79. The van der Waals surface area contributed by atoms with Crippen molar-refractivity contribution in [3.63, 3.8) is 0 Å². The number of nitro benzene ring substituents is 1. The Balaban J connectivity index is 0.00000128. The summed E-state index contributed by atoms with van der Waals surface area (Å²) in [5.41, 5.74) is 2.13. The number of halogens is 1. The summed E-state index contributed by atoms with van der Waals surface area (Å²) >= 11 is 0. The molecule has 0 fully saturated rings. The number of aryl methyl sites for hydroxylation is 1. The van der Waals surface area contributed by atoms with E-state index in [0.717, 1.165) is 5.56 Å². The SMILES string of the molecule is CCc1cc2c(c([N+](=O)[O-])c1)CCC2=O.[Cl-]. The molecule has 0 aliphatic heterocycles. The Morgan fingerprint density at radius 2 is 2.06 bits per heavy atom. The standard InChI is InChI=1S/C11H11NO3.ClH/c1-2-7-5-9-8(3-4-11(9)13)10(6-7)12(14)15;/h5-6H,2-4H2,1H3;1H/p-1. The first-order valence-corrected chi connectivity index (χ1v) is 4.97. The highest BCUT2D eigenvalue weighted by Crippen LogP contribution is 2.31. The van der Waals surface area contributed by atoms with Gasteiger partial charge in [0.2, 0.25) is 0 Å². The van der Waals surface area contributed by atoms with Crippen molar-refractivity contribution in [1.29, 1.82) is 0 Å². The van der Waals surface area contributed by atoms with Gasteiger partial charge in [-0.2, -0.15) is 0 Å². The van der Waals surface area contributed by atoms with Crippen LogP contribution < -0.4 is 12.4 Å². The van der Waals surface area contributed by atoms with Crippen LogP contribution >= 0.6 is 0 Å². The lowest BCUT2D eigenvalue weighted by Gasteiger charge is -2.03. The van der Waals surface area contributed by atoms with Crippen LogP contribution in [0, 0.1) is 10.1 Å². The average Bonchev–Trinajstić information content (AvgIpc) is 2.59. The Morgan fingerprint density at radius 3 is 2.62 bits per heavy atom. The molecule has 1 aliphatic carbocycles. The van der Waals surface area contributed by atoms with E-state index in [1.807, 2.05) is 6.92 Å². The van der Waals surface area contributed by atoms with Crippen molar-refractivity contribution in [1.82, 2.24) is 0 Å². The van der Waals surface area contributed by atoms with Gasteiger partial charge in [-0.15, -0.1) is 0 Å². The highest BCUT2D eigenvalue weighted by atomic mass is 35.5. The van der Waals surface area contributed by atoms with E-state index in [9.17, 15) is 14.9 Å². The minimum atomic E-state index is -0.392. The van der Waals surface area contributed by atoms with Gasteiger partial charge in [0.25, 0.3) is 5.69 Å². The smallest absolute Gasteiger partial charge is 0.273 e. The lowest BCUT2D eigenvalue weighted by atomic mass is 10.0. The van der Waals surface area contributed by atoms with E-state index in [0.29, 0.717) is 30.4 Å². The monoisotopic (exact) mass is 240 g/mol. The summed E-state index contributed by atoms with van der Waals surface area (Å²) in [6.45, 7) is 1.92. The number of Topliss-reactive ketones (excluding diaryl/α,β-unsaturated/α-hetero) is 1. The van der Waals surface area contributed by atoms with Gasteiger partial charge < -0.3 is 12.4 Å². The zero-order valence-electron chi connectivity index (χ0n) is 8.83. The number of benzene rings is 1. The highest BCUT2D eigenvalue weighted by Gasteiger charge is 2.28. The van der Waals surface area contributed by atoms with Gasteiger partial charge in [-0.1, -0.05) is 6.92 Å². The van der Waals surface area contributed by atoms with Crippen LogP contribution in [0.3, 0.4) is 0 Å². The second-order valence-corrected chi connectivity index (χ2v) is 3.67. The summed E-state index contributed by atoms with van der Waals surface area (Å²) in [6, 6.07) is 3.37. The predicted octanol–water partition coefficient (Wildman–Crippen LogP) is -0.710. The van der Waals surface area contributed by atoms with Gasteiger partial charge >= 0.3 is 0 Å².